The van der Waals surface area contributed by atoms with Crippen molar-refractivity contribution in [1.29, 1.82) is 0 Å². The zero-order valence-electron chi connectivity index (χ0n) is 16.3. The lowest BCUT2D eigenvalue weighted by Crippen LogP contribution is -2.54. The summed E-state index contributed by atoms with van der Waals surface area (Å²) in [4.78, 5) is 27.6. The van der Waals surface area contributed by atoms with Crippen LogP contribution in [0.1, 0.15) is 65.2 Å². The molecule has 3 fully saturated rings. The van der Waals surface area contributed by atoms with Crippen LogP contribution in [0.25, 0.3) is 0 Å². The Bertz CT molecular complexity index is 486. The average Bonchev–Trinajstić information content (AvgIpc) is 3.09. The maximum absolute atomic E-state index is 13.1. The number of ether oxygens (including phenoxy) is 2. The first-order chi connectivity index (χ1) is 12.5. The smallest absolute Gasteiger partial charge is 0.245 e. The summed E-state index contributed by atoms with van der Waals surface area (Å²) in [5.41, 5.74) is 0. The minimum absolute atomic E-state index is 0.0516. The van der Waals surface area contributed by atoms with Gasteiger partial charge >= 0.3 is 0 Å². The lowest BCUT2D eigenvalue weighted by molar-refractivity contribution is -0.188. The molecular formula is C20H34N2O4. The molecule has 1 N–H and O–H groups in total. The molecule has 1 spiro atoms. The third-order valence-electron chi connectivity index (χ3n) is 5.95. The van der Waals surface area contributed by atoms with Gasteiger partial charge in [0.25, 0.3) is 0 Å². The number of carbonyl (C=O) groups is 2. The molecule has 148 valence electrons. The van der Waals surface area contributed by atoms with Gasteiger partial charge in [-0.2, -0.15) is 0 Å². The van der Waals surface area contributed by atoms with Gasteiger partial charge in [-0.1, -0.05) is 33.1 Å². The third kappa shape index (κ3) is 4.77. The molecule has 0 aromatic heterocycles. The van der Waals surface area contributed by atoms with E-state index in [1.807, 2.05) is 4.90 Å². The molecule has 3 aliphatic rings. The summed E-state index contributed by atoms with van der Waals surface area (Å²) in [6.07, 6.45) is 7.48. The summed E-state index contributed by atoms with van der Waals surface area (Å²) in [5, 5.41) is 3.08. The normalized spacial score (nSPS) is 24.8. The van der Waals surface area contributed by atoms with Crippen molar-refractivity contribution in [2.24, 2.45) is 11.8 Å². The monoisotopic (exact) mass is 366 g/mol. The summed E-state index contributed by atoms with van der Waals surface area (Å²) in [6, 6.07) is -0.413. The van der Waals surface area contributed by atoms with Crippen LogP contribution in [0, 0.1) is 11.8 Å². The molecular weight excluding hydrogens is 332 g/mol. The van der Waals surface area contributed by atoms with Gasteiger partial charge in [-0.15, -0.1) is 0 Å². The largest absolute Gasteiger partial charge is 0.347 e. The van der Waals surface area contributed by atoms with Crippen molar-refractivity contribution < 1.29 is 19.1 Å². The molecule has 2 aliphatic heterocycles. The average molecular weight is 367 g/mol. The molecule has 6 nitrogen and oxygen atoms in total. The first-order valence-corrected chi connectivity index (χ1v) is 10.4. The highest BCUT2D eigenvalue weighted by Gasteiger charge is 2.42. The highest BCUT2D eigenvalue weighted by atomic mass is 16.7. The van der Waals surface area contributed by atoms with Gasteiger partial charge in [0.2, 0.25) is 11.8 Å². The van der Waals surface area contributed by atoms with Crippen molar-refractivity contribution in [3.05, 3.63) is 0 Å². The minimum Gasteiger partial charge on any atom is -0.347 e. The van der Waals surface area contributed by atoms with E-state index in [1.54, 1.807) is 0 Å². The molecule has 0 aromatic rings. The van der Waals surface area contributed by atoms with Gasteiger partial charge in [-0.3, -0.25) is 9.59 Å². The summed E-state index contributed by atoms with van der Waals surface area (Å²) >= 11 is 0. The first-order valence-electron chi connectivity index (χ1n) is 10.4. The van der Waals surface area contributed by atoms with E-state index in [0.717, 1.165) is 25.7 Å². The van der Waals surface area contributed by atoms with Crippen LogP contribution in [0.2, 0.25) is 0 Å². The topological polar surface area (TPSA) is 67.9 Å². The van der Waals surface area contributed by atoms with Crippen molar-refractivity contribution in [2.45, 2.75) is 77.0 Å². The van der Waals surface area contributed by atoms with E-state index < -0.39 is 11.8 Å². The van der Waals surface area contributed by atoms with E-state index in [9.17, 15) is 9.59 Å². The molecule has 3 rings (SSSR count). The van der Waals surface area contributed by atoms with Gasteiger partial charge in [0.15, 0.2) is 5.79 Å². The number of nitrogens with zero attached hydrogens (tertiary/aromatic N) is 1. The van der Waals surface area contributed by atoms with E-state index in [-0.39, 0.29) is 17.7 Å². The van der Waals surface area contributed by atoms with E-state index >= 15 is 0 Å². The first kappa shape index (κ1) is 19.6. The molecule has 0 bridgehead atoms. The molecule has 0 unspecified atom stereocenters. The molecule has 0 aromatic carbocycles. The van der Waals surface area contributed by atoms with Crippen LogP contribution >= 0.6 is 0 Å². The molecule has 1 aliphatic carbocycles. The molecule has 0 radical (unpaired) electrons. The number of amides is 2. The summed E-state index contributed by atoms with van der Waals surface area (Å²) in [5.74, 6) is 0.0788. The Morgan fingerprint density at radius 1 is 1.08 bits per heavy atom. The Balaban J connectivity index is 1.57. The van der Waals surface area contributed by atoms with Crippen LogP contribution in [0.4, 0.5) is 0 Å². The predicted molar refractivity (Wildman–Crippen MR) is 98.4 cm³/mol. The minimum atomic E-state index is -0.477. The lowest BCUT2D eigenvalue weighted by Gasteiger charge is -2.39. The number of likely N-dealkylation sites (tertiary alicyclic amines) is 1. The van der Waals surface area contributed by atoms with Gasteiger partial charge in [0, 0.05) is 31.8 Å². The fraction of sp³-hybridized carbons (Fsp3) is 0.900. The zero-order chi connectivity index (χ0) is 18.6. The number of hydrogen-bond donors (Lipinski definition) is 1. The third-order valence-corrected chi connectivity index (χ3v) is 5.95. The van der Waals surface area contributed by atoms with Crippen molar-refractivity contribution in [2.75, 3.05) is 26.3 Å². The van der Waals surface area contributed by atoms with Crippen molar-refractivity contribution in [1.82, 2.24) is 10.2 Å². The zero-order valence-corrected chi connectivity index (χ0v) is 16.3. The summed E-state index contributed by atoms with van der Waals surface area (Å²) in [7, 11) is 0. The standard InChI is InChI=1S/C20H34N2O4/c1-15(2)14-17(21-18(23)16-6-4-3-5-7-16)19(24)22-10-8-20(9-11-22)25-12-13-26-20/h15-17H,3-14H2,1-2H3,(H,21,23)/t17-/m1/s1. The van der Waals surface area contributed by atoms with Crippen LogP contribution in [0.3, 0.4) is 0 Å². The number of hydrogen-bond acceptors (Lipinski definition) is 4. The van der Waals surface area contributed by atoms with Crippen LogP contribution in [0.15, 0.2) is 0 Å². The fourth-order valence-electron chi connectivity index (χ4n) is 4.42. The molecule has 2 amide bonds. The van der Waals surface area contributed by atoms with Crippen molar-refractivity contribution >= 4 is 11.8 Å². The molecule has 1 atom stereocenters. The molecule has 26 heavy (non-hydrogen) atoms. The molecule has 2 saturated heterocycles. The highest BCUT2D eigenvalue weighted by molar-refractivity contribution is 5.88. The summed E-state index contributed by atoms with van der Waals surface area (Å²) in [6.45, 7) is 6.74. The number of piperidine rings is 1. The van der Waals surface area contributed by atoms with E-state index in [0.29, 0.717) is 51.5 Å². The fourth-order valence-corrected chi connectivity index (χ4v) is 4.42. The second-order valence-corrected chi connectivity index (χ2v) is 8.46. The number of nitrogens with one attached hydrogen (secondary N) is 1. The predicted octanol–water partition coefficient (Wildman–Crippen LogP) is 2.46. The van der Waals surface area contributed by atoms with Gasteiger partial charge in [-0.05, 0) is 25.2 Å². The van der Waals surface area contributed by atoms with Crippen molar-refractivity contribution in [3.63, 3.8) is 0 Å². The number of carbonyl (C=O) groups excluding carboxylic acids is 2. The van der Waals surface area contributed by atoms with Crippen molar-refractivity contribution in [3.8, 4) is 0 Å². The Kier molecular flexibility index (Phi) is 6.56. The Hall–Kier alpha value is -1.14. The van der Waals surface area contributed by atoms with Crippen LogP contribution in [-0.2, 0) is 19.1 Å². The summed E-state index contributed by atoms with van der Waals surface area (Å²) < 4.78 is 11.5. The maximum atomic E-state index is 13.1. The van der Waals surface area contributed by atoms with Crippen LogP contribution in [-0.4, -0.2) is 54.8 Å². The van der Waals surface area contributed by atoms with Gasteiger partial charge in [0.05, 0.1) is 13.2 Å². The lowest BCUT2D eigenvalue weighted by atomic mass is 9.88. The van der Waals surface area contributed by atoms with Gasteiger partial charge < -0.3 is 19.7 Å². The molecule has 1 saturated carbocycles. The van der Waals surface area contributed by atoms with Gasteiger partial charge in [0.1, 0.15) is 6.04 Å². The van der Waals surface area contributed by atoms with Gasteiger partial charge in [-0.25, -0.2) is 0 Å². The quantitative estimate of drug-likeness (QED) is 0.812. The highest BCUT2D eigenvalue weighted by Crippen LogP contribution is 2.31. The second kappa shape index (κ2) is 8.70. The Labute approximate surface area is 157 Å². The van der Waals surface area contributed by atoms with E-state index in [2.05, 4.69) is 19.2 Å². The maximum Gasteiger partial charge on any atom is 0.245 e. The second-order valence-electron chi connectivity index (χ2n) is 8.46. The van der Waals surface area contributed by atoms with Crippen LogP contribution < -0.4 is 5.32 Å². The molecule has 2 heterocycles. The Morgan fingerprint density at radius 3 is 2.27 bits per heavy atom. The SMILES string of the molecule is CC(C)C[C@@H](NC(=O)C1CCCCC1)C(=O)N1CCC2(CC1)OCCO2. The van der Waals surface area contributed by atoms with E-state index in [1.165, 1.54) is 6.42 Å². The van der Waals surface area contributed by atoms with E-state index in [4.69, 9.17) is 9.47 Å². The molecule has 6 heteroatoms. The van der Waals surface area contributed by atoms with Crippen LogP contribution in [0.5, 0.6) is 0 Å². The number of rotatable bonds is 5. The Morgan fingerprint density at radius 2 is 1.69 bits per heavy atom.